The predicted molar refractivity (Wildman–Crippen MR) is 128 cm³/mol. The van der Waals surface area contributed by atoms with Crippen LogP contribution in [0, 0.1) is 0 Å². The third kappa shape index (κ3) is 4.47. The van der Waals surface area contributed by atoms with E-state index in [1.807, 2.05) is 82.4 Å². The second-order valence-electron chi connectivity index (χ2n) is 8.27. The summed E-state index contributed by atoms with van der Waals surface area (Å²) in [7, 11) is 0. The molecule has 172 valence electrons. The standard InChI is InChI=1S/C26H25N5O3/c1-19(32)20-9-11-22(12-10-20)29-14-16-30(17-15-29)24(33)18-31-13-5-8-23(31)26-28-27-25(34-26)21-6-3-2-4-7-21/h2-13H,14-18H2,1H3. The van der Waals surface area contributed by atoms with Gasteiger partial charge in [0.15, 0.2) is 5.78 Å². The molecular formula is C26H25N5O3. The van der Waals surface area contributed by atoms with Gasteiger partial charge in [0, 0.05) is 49.2 Å². The Balaban J connectivity index is 1.21. The summed E-state index contributed by atoms with van der Waals surface area (Å²) in [6.07, 6.45) is 1.85. The van der Waals surface area contributed by atoms with Gasteiger partial charge in [-0.15, -0.1) is 10.2 Å². The molecule has 5 rings (SSSR count). The minimum atomic E-state index is 0.0480. The summed E-state index contributed by atoms with van der Waals surface area (Å²) in [5.74, 6) is 0.938. The van der Waals surface area contributed by atoms with Crippen molar-refractivity contribution in [1.29, 1.82) is 0 Å². The van der Waals surface area contributed by atoms with Crippen LogP contribution >= 0.6 is 0 Å². The van der Waals surface area contributed by atoms with Gasteiger partial charge in [-0.1, -0.05) is 18.2 Å². The fourth-order valence-electron chi connectivity index (χ4n) is 4.14. The van der Waals surface area contributed by atoms with Crippen LogP contribution in [0.3, 0.4) is 0 Å². The van der Waals surface area contributed by atoms with E-state index < -0.39 is 0 Å². The van der Waals surface area contributed by atoms with E-state index in [4.69, 9.17) is 4.42 Å². The van der Waals surface area contributed by atoms with E-state index >= 15 is 0 Å². The van der Waals surface area contributed by atoms with Crippen LogP contribution in [0.4, 0.5) is 5.69 Å². The largest absolute Gasteiger partial charge is 0.415 e. The molecule has 0 unspecified atom stereocenters. The topological polar surface area (TPSA) is 84.5 Å². The molecular weight excluding hydrogens is 430 g/mol. The van der Waals surface area contributed by atoms with Gasteiger partial charge in [0.1, 0.15) is 12.2 Å². The molecule has 8 heteroatoms. The van der Waals surface area contributed by atoms with Gasteiger partial charge in [0.2, 0.25) is 11.8 Å². The van der Waals surface area contributed by atoms with E-state index in [0.717, 1.165) is 24.3 Å². The van der Waals surface area contributed by atoms with E-state index in [9.17, 15) is 9.59 Å². The molecule has 1 amide bonds. The third-order valence-corrected chi connectivity index (χ3v) is 6.07. The molecule has 34 heavy (non-hydrogen) atoms. The lowest BCUT2D eigenvalue weighted by atomic mass is 10.1. The maximum atomic E-state index is 13.0. The molecule has 0 saturated carbocycles. The lowest BCUT2D eigenvalue weighted by Gasteiger charge is -2.36. The summed E-state index contributed by atoms with van der Waals surface area (Å²) in [4.78, 5) is 28.6. The first-order valence-corrected chi connectivity index (χ1v) is 11.3. The van der Waals surface area contributed by atoms with E-state index in [0.29, 0.717) is 36.1 Å². The highest BCUT2D eigenvalue weighted by Gasteiger charge is 2.23. The van der Waals surface area contributed by atoms with Gasteiger partial charge in [-0.05, 0) is 55.5 Å². The second-order valence-corrected chi connectivity index (χ2v) is 8.27. The quantitative estimate of drug-likeness (QED) is 0.412. The molecule has 1 fully saturated rings. The number of carbonyl (C=O) groups is 2. The lowest BCUT2D eigenvalue weighted by Crippen LogP contribution is -2.49. The Labute approximate surface area is 197 Å². The van der Waals surface area contributed by atoms with E-state index in [-0.39, 0.29) is 18.2 Å². The van der Waals surface area contributed by atoms with Crippen LogP contribution in [-0.4, -0.2) is 57.5 Å². The van der Waals surface area contributed by atoms with Crippen molar-refractivity contribution < 1.29 is 14.0 Å². The molecule has 1 aliphatic rings. The van der Waals surface area contributed by atoms with Crippen molar-refractivity contribution >= 4 is 17.4 Å². The number of hydrogen-bond acceptors (Lipinski definition) is 6. The number of piperazine rings is 1. The molecule has 0 N–H and O–H groups in total. The minimum Gasteiger partial charge on any atom is -0.415 e. The maximum Gasteiger partial charge on any atom is 0.264 e. The number of anilines is 1. The summed E-state index contributed by atoms with van der Waals surface area (Å²) in [5.41, 5.74) is 3.34. The first kappa shape index (κ1) is 21.6. The number of benzene rings is 2. The van der Waals surface area contributed by atoms with Gasteiger partial charge in [0.05, 0.1) is 0 Å². The Morgan fingerprint density at radius 3 is 2.26 bits per heavy atom. The van der Waals surface area contributed by atoms with Crippen molar-refractivity contribution in [2.24, 2.45) is 0 Å². The highest BCUT2D eigenvalue weighted by Crippen LogP contribution is 2.24. The summed E-state index contributed by atoms with van der Waals surface area (Å²) in [6, 6.07) is 21.0. The summed E-state index contributed by atoms with van der Waals surface area (Å²) in [5, 5.41) is 8.34. The minimum absolute atomic E-state index is 0.0480. The fraction of sp³-hybridized carbons (Fsp3) is 0.231. The van der Waals surface area contributed by atoms with Gasteiger partial charge in [-0.3, -0.25) is 9.59 Å². The van der Waals surface area contributed by atoms with Gasteiger partial charge in [-0.25, -0.2) is 0 Å². The third-order valence-electron chi connectivity index (χ3n) is 6.07. The average molecular weight is 456 g/mol. The number of Topliss-reactive ketones (excluding diaryl/α,β-unsaturated/α-hetero) is 1. The molecule has 8 nitrogen and oxygen atoms in total. The molecule has 3 heterocycles. The second kappa shape index (κ2) is 9.35. The van der Waals surface area contributed by atoms with E-state index in [2.05, 4.69) is 15.1 Å². The Bertz CT molecular complexity index is 1290. The van der Waals surface area contributed by atoms with Crippen molar-refractivity contribution in [1.82, 2.24) is 19.7 Å². The number of aromatic nitrogens is 3. The van der Waals surface area contributed by atoms with Gasteiger partial charge in [-0.2, -0.15) is 0 Å². The number of carbonyl (C=O) groups excluding carboxylic acids is 2. The van der Waals surface area contributed by atoms with Crippen molar-refractivity contribution in [3.05, 3.63) is 78.5 Å². The number of hydrogen-bond donors (Lipinski definition) is 0. The van der Waals surface area contributed by atoms with Crippen LogP contribution in [0.15, 0.2) is 77.3 Å². The number of nitrogens with zero attached hydrogens (tertiary/aromatic N) is 5. The Morgan fingerprint density at radius 2 is 1.56 bits per heavy atom. The molecule has 0 radical (unpaired) electrons. The zero-order chi connectivity index (χ0) is 23.5. The molecule has 0 bridgehead atoms. The molecule has 2 aromatic heterocycles. The van der Waals surface area contributed by atoms with Crippen molar-refractivity contribution in [2.45, 2.75) is 13.5 Å². The molecule has 1 aliphatic heterocycles. The van der Waals surface area contributed by atoms with Crippen LogP contribution in [0.5, 0.6) is 0 Å². The monoisotopic (exact) mass is 455 g/mol. The van der Waals surface area contributed by atoms with Gasteiger partial charge >= 0.3 is 0 Å². The van der Waals surface area contributed by atoms with Crippen LogP contribution in [0.1, 0.15) is 17.3 Å². The molecule has 1 saturated heterocycles. The van der Waals surface area contributed by atoms with Crippen molar-refractivity contribution in [2.75, 3.05) is 31.1 Å². The molecule has 0 aliphatic carbocycles. The van der Waals surface area contributed by atoms with Crippen LogP contribution in [0.25, 0.3) is 23.0 Å². The average Bonchev–Trinajstić information content (AvgIpc) is 3.54. The van der Waals surface area contributed by atoms with Crippen LogP contribution in [0.2, 0.25) is 0 Å². The number of rotatable bonds is 6. The number of amides is 1. The number of ketones is 1. The van der Waals surface area contributed by atoms with Crippen LogP contribution in [-0.2, 0) is 11.3 Å². The first-order chi connectivity index (χ1) is 16.6. The highest BCUT2D eigenvalue weighted by molar-refractivity contribution is 5.94. The van der Waals surface area contributed by atoms with Gasteiger partial charge in [0.25, 0.3) is 5.89 Å². The lowest BCUT2D eigenvalue weighted by molar-refractivity contribution is -0.132. The Kier molecular flexibility index (Phi) is 5.95. The van der Waals surface area contributed by atoms with Crippen molar-refractivity contribution in [3.63, 3.8) is 0 Å². The summed E-state index contributed by atoms with van der Waals surface area (Å²) >= 11 is 0. The van der Waals surface area contributed by atoms with E-state index in [1.54, 1.807) is 6.92 Å². The molecule has 0 spiro atoms. The summed E-state index contributed by atoms with van der Waals surface area (Å²) in [6.45, 7) is 4.54. The smallest absolute Gasteiger partial charge is 0.264 e. The Morgan fingerprint density at radius 1 is 0.853 bits per heavy atom. The highest BCUT2D eigenvalue weighted by atomic mass is 16.4. The zero-order valence-corrected chi connectivity index (χ0v) is 18.9. The zero-order valence-electron chi connectivity index (χ0n) is 18.9. The maximum absolute atomic E-state index is 13.0. The van der Waals surface area contributed by atoms with Crippen LogP contribution < -0.4 is 4.90 Å². The normalized spacial score (nSPS) is 13.8. The fourth-order valence-corrected chi connectivity index (χ4v) is 4.14. The predicted octanol–water partition coefficient (Wildman–Crippen LogP) is 3.76. The van der Waals surface area contributed by atoms with Gasteiger partial charge < -0.3 is 18.8 Å². The molecule has 0 atom stereocenters. The first-order valence-electron chi connectivity index (χ1n) is 11.3. The van der Waals surface area contributed by atoms with Crippen molar-refractivity contribution in [3.8, 4) is 23.0 Å². The summed E-state index contributed by atoms with van der Waals surface area (Å²) < 4.78 is 7.72. The Hall–Kier alpha value is -4.20. The van der Waals surface area contributed by atoms with E-state index in [1.165, 1.54) is 0 Å². The SMILES string of the molecule is CC(=O)c1ccc(N2CCN(C(=O)Cn3cccc3-c3nnc(-c4ccccc4)o3)CC2)cc1. The molecule has 2 aromatic carbocycles. The molecule has 4 aromatic rings.